The van der Waals surface area contributed by atoms with E-state index in [2.05, 4.69) is 9.98 Å². The van der Waals surface area contributed by atoms with Crippen LogP contribution in [0.5, 0.6) is 0 Å². The van der Waals surface area contributed by atoms with Crippen LogP contribution in [-0.4, -0.2) is 40.2 Å². The van der Waals surface area contributed by atoms with Gasteiger partial charge in [0.2, 0.25) is 0 Å². The van der Waals surface area contributed by atoms with E-state index in [-0.39, 0.29) is 24.2 Å². The molecule has 0 bridgehead atoms. The number of carbonyl (C=O) groups is 1. The van der Waals surface area contributed by atoms with Crippen LogP contribution in [0.1, 0.15) is 29.4 Å². The standard InChI is InChI=1S/C15H11F6N3O2/c1-2-26-13(25)9-6-24-11(22-9)4-3-7-8(14(16,17)18)5-10(15(19,20)21)23-12(7)24/h3-7,12H,2H2,1H3/t7-,12-/m1/s1. The molecule has 5 nitrogen and oxygen atoms in total. The Labute approximate surface area is 142 Å². The lowest BCUT2D eigenvalue weighted by molar-refractivity contribution is -0.1000. The lowest BCUT2D eigenvalue weighted by atomic mass is 9.89. The van der Waals surface area contributed by atoms with Gasteiger partial charge in [0.25, 0.3) is 0 Å². The van der Waals surface area contributed by atoms with E-state index in [1.54, 1.807) is 6.92 Å². The maximum atomic E-state index is 13.3. The first kappa shape index (κ1) is 18.2. The van der Waals surface area contributed by atoms with Crippen LogP contribution < -0.4 is 0 Å². The highest BCUT2D eigenvalue weighted by Gasteiger charge is 2.48. The van der Waals surface area contributed by atoms with E-state index >= 15 is 0 Å². The Morgan fingerprint density at radius 1 is 1.23 bits per heavy atom. The van der Waals surface area contributed by atoms with Crippen LogP contribution in [0.15, 0.2) is 28.9 Å². The van der Waals surface area contributed by atoms with Crippen LogP contribution in [0.25, 0.3) is 6.08 Å². The Balaban J connectivity index is 2.09. The number of imidazole rings is 1. The molecule has 2 atom stereocenters. The number of aliphatic imine (C=N–C) groups is 1. The van der Waals surface area contributed by atoms with Gasteiger partial charge in [-0.1, -0.05) is 6.08 Å². The highest BCUT2D eigenvalue weighted by Crippen LogP contribution is 2.45. The molecular formula is C15H11F6N3O2. The minimum atomic E-state index is -5.05. The molecule has 11 heteroatoms. The second-order valence-electron chi connectivity index (χ2n) is 5.52. The zero-order chi connectivity index (χ0) is 19.3. The van der Waals surface area contributed by atoms with E-state index in [1.165, 1.54) is 6.08 Å². The van der Waals surface area contributed by atoms with Gasteiger partial charge in [0.15, 0.2) is 5.69 Å². The molecule has 0 N–H and O–H groups in total. The van der Waals surface area contributed by atoms with Gasteiger partial charge in [0.1, 0.15) is 17.7 Å². The molecule has 1 aromatic heterocycles. The highest BCUT2D eigenvalue weighted by atomic mass is 19.4. The number of nitrogens with zero attached hydrogens (tertiary/aromatic N) is 3. The number of alkyl halides is 6. The molecule has 3 rings (SSSR count). The first-order valence-electron chi connectivity index (χ1n) is 7.40. The third-order valence-electron chi connectivity index (χ3n) is 3.84. The maximum absolute atomic E-state index is 13.3. The summed E-state index contributed by atoms with van der Waals surface area (Å²) < 4.78 is 84.6. The summed E-state index contributed by atoms with van der Waals surface area (Å²) in [4.78, 5) is 19.1. The van der Waals surface area contributed by atoms with E-state index in [9.17, 15) is 31.1 Å². The molecule has 0 amide bonds. The summed E-state index contributed by atoms with van der Waals surface area (Å²) in [6, 6.07) is 0. The van der Waals surface area contributed by atoms with Crippen molar-refractivity contribution in [3.63, 3.8) is 0 Å². The molecule has 0 saturated heterocycles. The van der Waals surface area contributed by atoms with Crippen molar-refractivity contribution in [2.75, 3.05) is 6.61 Å². The molecule has 3 heterocycles. The second kappa shape index (κ2) is 5.99. The van der Waals surface area contributed by atoms with Crippen molar-refractivity contribution in [1.82, 2.24) is 9.55 Å². The predicted octanol–water partition coefficient (Wildman–Crippen LogP) is 3.71. The van der Waals surface area contributed by atoms with Crippen LogP contribution >= 0.6 is 0 Å². The molecule has 0 unspecified atom stereocenters. The molecule has 1 aromatic rings. The number of aromatic nitrogens is 2. The minimum Gasteiger partial charge on any atom is -0.461 e. The quantitative estimate of drug-likeness (QED) is 0.582. The van der Waals surface area contributed by atoms with Gasteiger partial charge in [-0.3, -0.25) is 4.99 Å². The first-order valence-corrected chi connectivity index (χ1v) is 7.40. The molecule has 0 spiro atoms. The molecule has 140 valence electrons. The Bertz CT molecular complexity index is 831. The van der Waals surface area contributed by atoms with Crippen molar-refractivity contribution in [1.29, 1.82) is 0 Å². The zero-order valence-corrected chi connectivity index (χ0v) is 13.1. The Morgan fingerprint density at radius 3 is 2.50 bits per heavy atom. The maximum Gasteiger partial charge on any atom is 0.432 e. The molecule has 0 radical (unpaired) electrons. The Morgan fingerprint density at radius 2 is 1.92 bits per heavy atom. The molecular weight excluding hydrogens is 368 g/mol. The molecule has 0 saturated carbocycles. The number of dihydropyridines is 1. The van der Waals surface area contributed by atoms with Crippen LogP contribution in [0.3, 0.4) is 0 Å². The van der Waals surface area contributed by atoms with Crippen LogP contribution in [0.4, 0.5) is 26.3 Å². The number of ether oxygens (including phenoxy) is 1. The fraction of sp³-hybridized carbons (Fsp3) is 0.400. The van der Waals surface area contributed by atoms with Crippen molar-refractivity contribution in [2.24, 2.45) is 10.9 Å². The fourth-order valence-corrected chi connectivity index (χ4v) is 2.76. The third kappa shape index (κ3) is 3.13. The van der Waals surface area contributed by atoms with Gasteiger partial charge in [0.05, 0.1) is 6.61 Å². The summed E-state index contributed by atoms with van der Waals surface area (Å²) in [5.74, 6) is -2.28. The summed E-state index contributed by atoms with van der Waals surface area (Å²) in [6.45, 7) is 1.59. The molecule has 2 aliphatic heterocycles. The SMILES string of the molecule is CCOC(=O)c1cn2c(n1)C=C[C@@H]1C(C(F)(F)F)=CC(C(F)(F)F)=N[C@@H]12. The number of fused-ring (bicyclic) bond motifs is 3. The van der Waals surface area contributed by atoms with Crippen molar-refractivity contribution in [3.8, 4) is 0 Å². The Kier molecular flexibility index (Phi) is 4.20. The summed E-state index contributed by atoms with van der Waals surface area (Å²) in [5.41, 5.74) is -3.23. The van der Waals surface area contributed by atoms with Gasteiger partial charge < -0.3 is 9.30 Å². The van der Waals surface area contributed by atoms with Crippen molar-refractivity contribution < 1.29 is 35.9 Å². The number of allylic oxidation sites excluding steroid dienone is 1. The van der Waals surface area contributed by atoms with Gasteiger partial charge >= 0.3 is 18.3 Å². The summed E-state index contributed by atoms with van der Waals surface area (Å²) >= 11 is 0. The largest absolute Gasteiger partial charge is 0.461 e. The van der Waals surface area contributed by atoms with E-state index < -0.39 is 41.7 Å². The van der Waals surface area contributed by atoms with Crippen molar-refractivity contribution in [2.45, 2.75) is 25.4 Å². The normalized spacial score (nSPS) is 22.3. The fourth-order valence-electron chi connectivity index (χ4n) is 2.76. The van der Waals surface area contributed by atoms with E-state index in [0.29, 0.717) is 0 Å². The smallest absolute Gasteiger partial charge is 0.432 e. The minimum absolute atomic E-state index is 0.0136. The van der Waals surface area contributed by atoms with Gasteiger partial charge in [-0.2, -0.15) is 26.3 Å². The van der Waals surface area contributed by atoms with Gasteiger partial charge in [-0.15, -0.1) is 0 Å². The zero-order valence-electron chi connectivity index (χ0n) is 13.1. The first-order chi connectivity index (χ1) is 12.0. The number of halogens is 6. The van der Waals surface area contributed by atoms with Crippen LogP contribution in [0, 0.1) is 5.92 Å². The van der Waals surface area contributed by atoms with Crippen molar-refractivity contribution >= 4 is 17.8 Å². The average Bonchev–Trinajstić information content (AvgIpc) is 2.97. The molecule has 0 aromatic carbocycles. The predicted molar refractivity (Wildman–Crippen MR) is 77.4 cm³/mol. The summed E-state index contributed by atoms with van der Waals surface area (Å²) in [7, 11) is 0. The lowest BCUT2D eigenvalue weighted by Crippen LogP contribution is -2.36. The van der Waals surface area contributed by atoms with Gasteiger partial charge in [-0.25, -0.2) is 9.78 Å². The van der Waals surface area contributed by atoms with Crippen molar-refractivity contribution in [3.05, 3.63) is 35.4 Å². The number of carbonyl (C=O) groups excluding carboxylic acids is 1. The van der Waals surface area contributed by atoms with Crippen LogP contribution in [0.2, 0.25) is 0 Å². The van der Waals surface area contributed by atoms with E-state index in [1.807, 2.05) is 0 Å². The molecule has 0 aliphatic carbocycles. The number of hydrogen-bond donors (Lipinski definition) is 0. The summed E-state index contributed by atoms with van der Waals surface area (Å²) in [6.07, 6.45) is -8.22. The third-order valence-corrected chi connectivity index (χ3v) is 3.84. The monoisotopic (exact) mass is 379 g/mol. The van der Waals surface area contributed by atoms with E-state index in [0.717, 1.165) is 16.8 Å². The highest BCUT2D eigenvalue weighted by molar-refractivity contribution is 6.01. The molecule has 0 fully saturated rings. The van der Waals surface area contributed by atoms with Crippen LogP contribution in [-0.2, 0) is 4.74 Å². The molecule has 26 heavy (non-hydrogen) atoms. The average molecular weight is 379 g/mol. The Hall–Kier alpha value is -2.59. The summed E-state index contributed by atoms with van der Waals surface area (Å²) in [5, 5.41) is 0. The van der Waals surface area contributed by atoms with E-state index in [4.69, 9.17) is 4.74 Å². The van der Waals surface area contributed by atoms with Gasteiger partial charge in [0, 0.05) is 17.7 Å². The topological polar surface area (TPSA) is 56.5 Å². The second-order valence-corrected chi connectivity index (χ2v) is 5.52. The van der Waals surface area contributed by atoms with Gasteiger partial charge in [-0.05, 0) is 19.1 Å². The number of esters is 1. The number of rotatable bonds is 2. The number of hydrogen-bond acceptors (Lipinski definition) is 4. The lowest BCUT2D eigenvalue weighted by Gasteiger charge is -2.33. The molecule has 2 aliphatic rings.